The summed E-state index contributed by atoms with van der Waals surface area (Å²) in [7, 11) is 0. The molecule has 0 saturated carbocycles. The molecule has 0 radical (unpaired) electrons. The average Bonchev–Trinajstić information content (AvgIpc) is 1.67. The largest absolute Gasteiger partial charge is 0.456 e. The minimum Gasteiger partial charge on any atom is -0.456 e. The van der Waals surface area contributed by atoms with Crippen LogP contribution in [0.25, 0.3) is 175 Å². The van der Waals surface area contributed by atoms with Crippen LogP contribution in [0.1, 0.15) is 0 Å². The Balaban J connectivity index is 0.0000000924. The summed E-state index contributed by atoms with van der Waals surface area (Å²) in [6.45, 7) is 0. The number of hydrogen-bond donors (Lipinski definition) is 0. The van der Waals surface area contributed by atoms with Gasteiger partial charge in [-0.15, -0.1) is 0 Å². The molecule has 0 atom stereocenters. The number of benzene rings is 17. The fourth-order valence-corrected chi connectivity index (χ4v) is 15.5. The molecule has 0 aliphatic carbocycles. The maximum Gasteiger partial charge on any atom is 0.135 e. The van der Waals surface area contributed by atoms with E-state index in [0.29, 0.717) is 0 Å². The van der Waals surface area contributed by atoms with Crippen LogP contribution in [-0.2, 0) is 0 Å². The third-order valence-corrected chi connectivity index (χ3v) is 19.9. The third-order valence-electron chi connectivity index (χ3n) is 19.9. The van der Waals surface area contributed by atoms with Crippen molar-refractivity contribution in [3.63, 3.8) is 0 Å². The Morgan fingerprint density at radius 2 is 0.444 bits per heavy atom. The Hall–Kier alpha value is -13.2. The van der Waals surface area contributed by atoms with E-state index < -0.39 is 0 Å². The molecule has 5 aromatic heterocycles. The molecule has 464 valence electrons. The molecule has 17 aromatic carbocycles. The van der Waals surface area contributed by atoms with Crippen molar-refractivity contribution in [1.82, 2.24) is 18.3 Å². The lowest BCUT2D eigenvalue weighted by atomic mass is 10.0. The molecule has 22 rings (SSSR count). The van der Waals surface area contributed by atoms with Gasteiger partial charge in [-0.25, -0.2) is 0 Å². The average molecular weight is 1260 g/mol. The fraction of sp³-hybridized carbons (Fsp3) is 0. The molecule has 0 N–H and O–H groups in total. The van der Waals surface area contributed by atoms with Gasteiger partial charge in [-0.1, -0.05) is 273 Å². The molecule has 99 heavy (non-hydrogen) atoms. The highest BCUT2D eigenvalue weighted by Gasteiger charge is 2.18. The van der Waals surface area contributed by atoms with E-state index in [1.807, 2.05) is 12.1 Å². The molecule has 0 saturated heterocycles. The van der Waals surface area contributed by atoms with Gasteiger partial charge in [-0.2, -0.15) is 0 Å². The van der Waals surface area contributed by atoms with Crippen LogP contribution in [0.2, 0.25) is 0 Å². The van der Waals surface area contributed by atoms with Crippen molar-refractivity contribution in [3.8, 4) is 22.7 Å². The lowest BCUT2D eigenvalue weighted by Gasteiger charge is -2.11. The summed E-state index contributed by atoms with van der Waals surface area (Å²) in [4.78, 5) is 0. The molecule has 0 unspecified atom stereocenters. The first-order valence-electron chi connectivity index (χ1n) is 33.9. The van der Waals surface area contributed by atoms with Crippen molar-refractivity contribution in [1.29, 1.82) is 0 Å². The molecule has 0 spiro atoms. The lowest BCUT2D eigenvalue weighted by molar-refractivity contribution is 0.669. The second kappa shape index (κ2) is 23.9. The third kappa shape index (κ3) is 9.70. The van der Waals surface area contributed by atoms with E-state index in [9.17, 15) is 0 Å². The van der Waals surface area contributed by atoms with E-state index >= 15 is 0 Å². The van der Waals surface area contributed by atoms with Crippen molar-refractivity contribution in [2.75, 3.05) is 0 Å². The highest BCUT2D eigenvalue weighted by molar-refractivity contribution is 6.15. The Labute approximate surface area is 570 Å². The zero-order chi connectivity index (χ0) is 65.3. The van der Waals surface area contributed by atoms with Crippen LogP contribution in [0.5, 0.6) is 0 Å². The van der Waals surface area contributed by atoms with Gasteiger partial charge in [0.25, 0.3) is 0 Å². The maximum absolute atomic E-state index is 5.99. The number of hydrogen-bond acceptors (Lipinski definition) is 1. The van der Waals surface area contributed by atoms with Gasteiger partial charge in [0, 0.05) is 76.3 Å². The van der Waals surface area contributed by atoms with Crippen molar-refractivity contribution in [3.05, 3.63) is 376 Å². The molecular weight excluding hydrogens is 1200 g/mol. The predicted molar refractivity (Wildman–Crippen MR) is 420 cm³/mol. The topological polar surface area (TPSA) is 32.9 Å². The standard InChI is InChI=1S/C26H17N.C24H15NO.2C22H15N/c1-2-8-21-18(7-1)13-14-19-17-20(15-16-22(19)21)27-25-11-5-3-9-23(25)24-10-4-6-12-26(24)27;1-4-10-21-17(7-1)18-8-2-5-11-22(18)25(21)16-13-14-24-20(15-16)19-9-3-6-12-23(19)26-24;1-2-10-17-16(8-1)9-7-15-20(17)23-21-13-5-3-11-18(21)19-12-4-6-14-22(19)23;1-2-8-17-15-18(14-13-16(17)7-1)23-21-11-5-3-9-19(21)20-10-4-6-12-22(20)23/h1-17H;1-15H;2*1-15H. The molecule has 0 bridgehead atoms. The molecule has 0 fully saturated rings. The first-order chi connectivity index (χ1) is 49.1. The molecule has 5 heterocycles. The minimum absolute atomic E-state index is 0.927. The van der Waals surface area contributed by atoms with Crippen LogP contribution in [0.15, 0.2) is 381 Å². The van der Waals surface area contributed by atoms with Gasteiger partial charge >= 0.3 is 0 Å². The van der Waals surface area contributed by atoms with Crippen LogP contribution in [-0.4, -0.2) is 18.3 Å². The number of fused-ring (bicyclic) bond motifs is 20. The zero-order valence-electron chi connectivity index (χ0n) is 54.0. The highest BCUT2D eigenvalue weighted by Crippen LogP contribution is 2.40. The predicted octanol–water partition coefficient (Wildman–Crippen LogP) is 25.6. The van der Waals surface area contributed by atoms with E-state index in [-0.39, 0.29) is 0 Å². The van der Waals surface area contributed by atoms with Crippen LogP contribution in [0.3, 0.4) is 0 Å². The molecular formula is C94H62N4O. The summed E-state index contributed by atoms with van der Waals surface area (Å²) in [5, 5.41) is 22.9. The zero-order valence-corrected chi connectivity index (χ0v) is 54.0. The molecule has 0 aliphatic heterocycles. The summed E-state index contributed by atoms with van der Waals surface area (Å²) in [5.41, 5.74) is 16.6. The minimum atomic E-state index is 0.927. The van der Waals surface area contributed by atoms with Gasteiger partial charge in [-0.05, 0) is 141 Å². The first-order valence-corrected chi connectivity index (χ1v) is 33.9. The van der Waals surface area contributed by atoms with E-state index in [1.54, 1.807) is 0 Å². The monoisotopic (exact) mass is 1260 g/mol. The Bertz CT molecular complexity index is 6670. The van der Waals surface area contributed by atoms with Gasteiger partial charge in [-0.3, -0.25) is 0 Å². The van der Waals surface area contributed by atoms with Crippen molar-refractivity contribution in [2.24, 2.45) is 0 Å². The highest BCUT2D eigenvalue weighted by atomic mass is 16.3. The normalized spacial score (nSPS) is 11.6. The smallest absolute Gasteiger partial charge is 0.135 e. The Kier molecular flexibility index (Phi) is 13.8. The number of aromatic nitrogens is 4. The number of rotatable bonds is 4. The van der Waals surface area contributed by atoms with Crippen molar-refractivity contribution in [2.45, 2.75) is 0 Å². The SMILES string of the molecule is c1ccc2c(-n3c4ccccc4c4ccccc43)cccc2c1.c1ccc2c(c1)ccc1cc(-n3c4ccccc4c4ccccc43)ccc12.c1ccc2c(c1)oc1ccc(-n3c4ccccc4c4ccccc43)cc12.c1ccc2cc(-n3c4ccccc4c4ccccc43)ccc2c1. The van der Waals surface area contributed by atoms with Gasteiger partial charge in [0.1, 0.15) is 11.2 Å². The van der Waals surface area contributed by atoms with Gasteiger partial charge < -0.3 is 22.7 Å². The number of para-hydroxylation sites is 9. The molecule has 5 nitrogen and oxygen atoms in total. The van der Waals surface area contributed by atoms with Crippen molar-refractivity contribution >= 4 is 152 Å². The van der Waals surface area contributed by atoms with Crippen LogP contribution in [0, 0.1) is 0 Å². The van der Waals surface area contributed by atoms with Crippen LogP contribution in [0.4, 0.5) is 0 Å². The van der Waals surface area contributed by atoms with Gasteiger partial charge in [0.05, 0.1) is 49.8 Å². The van der Waals surface area contributed by atoms with Crippen LogP contribution < -0.4 is 0 Å². The fourth-order valence-electron chi connectivity index (χ4n) is 15.5. The van der Waals surface area contributed by atoms with Gasteiger partial charge in [0.2, 0.25) is 0 Å². The Morgan fingerprint density at radius 1 is 0.152 bits per heavy atom. The summed E-state index contributed by atoms with van der Waals surface area (Å²) in [6.07, 6.45) is 0. The van der Waals surface area contributed by atoms with E-state index in [1.165, 1.54) is 147 Å². The molecule has 5 heteroatoms. The number of furan rings is 1. The maximum atomic E-state index is 5.99. The lowest BCUT2D eigenvalue weighted by Crippen LogP contribution is -1.94. The molecule has 0 aliphatic rings. The second-order valence-corrected chi connectivity index (χ2v) is 25.5. The Morgan fingerprint density at radius 3 is 0.929 bits per heavy atom. The van der Waals surface area contributed by atoms with Crippen LogP contribution >= 0.6 is 0 Å². The second-order valence-electron chi connectivity index (χ2n) is 25.5. The van der Waals surface area contributed by atoms with Gasteiger partial charge in [0.15, 0.2) is 0 Å². The molecule has 22 aromatic rings. The van der Waals surface area contributed by atoms with Crippen molar-refractivity contribution < 1.29 is 4.42 Å². The quantitative estimate of drug-likeness (QED) is 0.162. The van der Waals surface area contributed by atoms with E-state index in [0.717, 1.165) is 27.6 Å². The van der Waals surface area contributed by atoms with E-state index in [2.05, 4.69) is 382 Å². The first kappa shape index (κ1) is 57.2. The van der Waals surface area contributed by atoms with E-state index in [4.69, 9.17) is 4.42 Å². The molecule has 0 amide bonds. The number of nitrogens with zero attached hydrogens (tertiary/aromatic N) is 4. The summed E-state index contributed by atoms with van der Waals surface area (Å²) in [6, 6.07) is 134. The summed E-state index contributed by atoms with van der Waals surface area (Å²) in [5.74, 6) is 0. The summed E-state index contributed by atoms with van der Waals surface area (Å²) >= 11 is 0. The summed E-state index contributed by atoms with van der Waals surface area (Å²) < 4.78 is 15.4.